The molecule has 0 saturated carbocycles. The average Bonchev–Trinajstić information content (AvgIpc) is 2.08. The van der Waals surface area contributed by atoms with Crippen LogP contribution in [0.4, 0.5) is 5.69 Å². The Morgan fingerprint density at radius 2 is 1.86 bits per heavy atom. The van der Waals surface area contributed by atoms with E-state index < -0.39 is 10.3 Å². The standard InChI is InChI=1S/C8H12N2O3S/c1-10(2)14(11,12)13-8-6-4-3-5-7(8)9/h3-6H,9H2,1-2H3. The summed E-state index contributed by atoms with van der Waals surface area (Å²) in [5.74, 6) is 0.140. The quantitative estimate of drug-likeness (QED) is 0.745. The Bertz CT molecular complexity index is 414. The number of nitrogens with two attached hydrogens (primary N) is 1. The molecule has 1 aromatic rings. The molecular weight excluding hydrogens is 204 g/mol. The van der Waals surface area contributed by atoms with Gasteiger partial charge in [0.15, 0.2) is 5.75 Å². The smallest absolute Gasteiger partial charge is 0.384 e. The van der Waals surface area contributed by atoms with E-state index in [1.165, 1.54) is 20.2 Å². The molecule has 2 N–H and O–H groups in total. The van der Waals surface area contributed by atoms with Gasteiger partial charge in [0.05, 0.1) is 5.69 Å². The summed E-state index contributed by atoms with van der Waals surface area (Å²) < 4.78 is 28.3. The molecule has 0 unspecified atom stereocenters. The van der Waals surface area contributed by atoms with Gasteiger partial charge in [0.1, 0.15) is 0 Å². The molecule has 0 aliphatic rings. The van der Waals surface area contributed by atoms with E-state index in [1.54, 1.807) is 18.2 Å². The van der Waals surface area contributed by atoms with Gasteiger partial charge in [-0.3, -0.25) is 0 Å². The maximum absolute atomic E-state index is 11.3. The van der Waals surface area contributed by atoms with Gasteiger partial charge in [-0.25, -0.2) is 0 Å². The fourth-order valence-electron chi connectivity index (χ4n) is 0.744. The maximum Gasteiger partial charge on any atom is 0.384 e. The fourth-order valence-corrected chi connectivity index (χ4v) is 1.27. The molecule has 78 valence electrons. The third kappa shape index (κ3) is 2.36. The molecule has 0 amide bonds. The fraction of sp³-hybridized carbons (Fsp3) is 0.250. The SMILES string of the molecule is CN(C)S(=O)(=O)Oc1ccccc1N. The van der Waals surface area contributed by atoms with Crippen LogP contribution in [0.1, 0.15) is 0 Å². The third-order valence-electron chi connectivity index (χ3n) is 1.56. The highest BCUT2D eigenvalue weighted by Gasteiger charge is 2.16. The van der Waals surface area contributed by atoms with Gasteiger partial charge in [0.25, 0.3) is 0 Å². The lowest BCUT2D eigenvalue weighted by Crippen LogP contribution is -2.27. The summed E-state index contributed by atoms with van der Waals surface area (Å²) >= 11 is 0. The highest BCUT2D eigenvalue weighted by molar-refractivity contribution is 7.84. The Balaban J connectivity index is 2.96. The number of nitrogen functional groups attached to an aromatic ring is 1. The Labute approximate surface area is 83.3 Å². The van der Waals surface area contributed by atoms with Crippen LogP contribution in [-0.2, 0) is 10.3 Å². The van der Waals surface area contributed by atoms with Crippen LogP contribution in [0.3, 0.4) is 0 Å². The predicted octanol–water partition coefficient (Wildman–Crippen LogP) is 0.454. The van der Waals surface area contributed by atoms with E-state index in [2.05, 4.69) is 0 Å². The first-order chi connectivity index (χ1) is 6.43. The van der Waals surface area contributed by atoms with Gasteiger partial charge in [-0.2, -0.15) is 12.7 Å². The van der Waals surface area contributed by atoms with Crippen LogP contribution < -0.4 is 9.92 Å². The largest absolute Gasteiger partial charge is 0.396 e. The first-order valence-electron chi connectivity index (χ1n) is 3.90. The van der Waals surface area contributed by atoms with E-state index in [0.717, 1.165) is 4.31 Å². The van der Waals surface area contributed by atoms with E-state index in [1.807, 2.05) is 0 Å². The van der Waals surface area contributed by atoms with E-state index >= 15 is 0 Å². The molecule has 0 aliphatic heterocycles. The normalized spacial score (nSPS) is 11.6. The van der Waals surface area contributed by atoms with Gasteiger partial charge in [0.2, 0.25) is 0 Å². The van der Waals surface area contributed by atoms with Crippen molar-refractivity contribution in [3.05, 3.63) is 24.3 Å². The summed E-state index contributed by atoms with van der Waals surface area (Å²) in [6.07, 6.45) is 0. The Hall–Kier alpha value is -1.27. The number of hydrogen-bond donors (Lipinski definition) is 1. The predicted molar refractivity (Wildman–Crippen MR) is 54.1 cm³/mol. The number of nitrogens with zero attached hydrogens (tertiary/aromatic N) is 1. The molecular formula is C8H12N2O3S. The van der Waals surface area contributed by atoms with Crippen LogP contribution in [-0.4, -0.2) is 26.8 Å². The Kier molecular flexibility index (Phi) is 2.97. The first-order valence-corrected chi connectivity index (χ1v) is 5.26. The van der Waals surface area contributed by atoms with E-state index in [-0.39, 0.29) is 11.4 Å². The highest BCUT2D eigenvalue weighted by atomic mass is 32.2. The zero-order valence-corrected chi connectivity index (χ0v) is 8.78. The minimum atomic E-state index is -3.72. The molecule has 0 aliphatic carbocycles. The van der Waals surface area contributed by atoms with Gasteiger partial charge in [-0.05, 0) is 12.1 Å². The highest BCUT2D eigenvalue weighted by Crippen LogP contribution is 2.21. The van der Waals surface area contributed by atoms with Crippen LogP contribution in [0, 0.1) is 0 Å². The van der Waals surface area contributed by atoms with Crippen LogP contribution in [0.15, 0.2) is 24.3 Å². The molecule has 0 aromatic heterocycles. The zero-order chi connectivity index (χ0) is 10.8. The summed E-state index contributed by atoms with van der Waals surface area (Å²) in [6.45, 7) is 0. The van der Waals surface area contributed by atoms with E-state index in [0.29, 0.717) is 0 Å². The molecule has 1 rings (SSSR count). The topological polar surface area (TPSA) is 72.6 Å². The average molecular weight is 216 g/mol. The lowest BCUT2D eigenvalue weighted by Gasteiger charge is -2.12. The lowest BCUT2D eigenvalue weighted by atomic mass is 10.3. The number of benzene rings is 1. The summed E-state index contributed by atoms with van der Waals surface area (Å²) in [6, 6.07) is 6.41. The molecule has 0 heterocycles. The minimum Gasteiger partial charge on any atom is -0.396 e. The minimum absolute atomic E-state index is 0.140. The van der Waals surface area contributed by atoms with Gasteiger partial charge in [0, 0.05) is 14.1 Å². The summed E-state index contributed by atoms with van der Waals surface area (Å²) in [4.78, 5) is 0. The van der Waals surface area contributed by atoms with Crippen molar-refractivity contribution in [3.8, 4) is 5.75 Å². The van der Waals surface area contributed by atoms with Crippen molar-refractivity contribution in [1.29, 1.82) is 0 Å². The maximum atomic E-state index is 11.3. The van der Waals surface area contributed by atoms with Gasteiger partial charge < -0.3 is 9.92 Å². The van der Waals surface area contributed by atoms with Crippen LogP contribution in [0.2, 0.25) is 0 Å². The summed E-state index contributed by atoms with van der Waals surface area (Å²) in [7, 11) is -0.954. The Morgan fingerprint density at radius 1 is 1.29 bits per heavy atom. The van der Waals surface area contributed by atoms with E-state index in [4.69, 9.17) is 9.92 Å². The van der Waals surface area contributed by atoms with Gasteiger partial charge in [-0.15, -0.1) is 0 Å². The van der Waals surface area contributed by atoms with Gasteiger partial charge >= 0.3 is 10.3 Å². The molecule has 14 heavy (non-hydrogen) atoms. The number of hydrogen-bond acceptors (Lipinski definition) is 4. The zero-order valence-electron chi connectivity index (χ0n) is 7.97. The van der Waals surface area contributed by atoms with Crippen molar-refractivity contribution in [2.24, 2.45) is 0 Å². The van der Waals surface area contributed by atoms with Crippen LogP contribution >= 0.6 is 0 Å². The number of para-hydroxylation sites is 2. The van der Waals surface area contributed by atoms with Crippen LogP contribution in [0.5, 0.6) is 5.75 Å². The molecule has 0 bridgehead atoms. The molecule has 1 aromatic carbocycles. The first kappa shape index (κ1) is 10.8. The molecule has 6 heteroatoms. The summed E-state index contributed by atoms with van der Waals surface area (Å²) in [5.41, 5.74) is 5.81. The van der Waals surface area contributed by atoms with Crippen molar-refractivity contribution in [2.75, 3.05) is 19.8 Å². The molecule has 5 nitrogen and oxygen atoms in total. The second kappa shape index (κ2) is 3.85. The second-order valence-corrected chi connectivity index (χ2v) is 4.61. The molecule has 0 spiro atoms. The molecule has 0 atom stereocenters. The van der Waals surface area contributed by atoms with Crippen molar-refractivity contribution >= 4 is 16.0 Å². The number of anilines is 1. The van der Waals surface area contributed by atoms with Crippen molar-refractivity contribution in [1.82, 2.24) is 4.31 Å². The Morgan fingerprint density at radius 3 is 2.36 bits per heavy atom. The van der Waals surface area contributed by atoms with E-state index in [9.17, 15) is 8.42 Å². The van der Waals surface area contributed by atoms with Crippen molar-refractivity contribution in [3.63, 3.8) is 0 Å². The summed E-state index contributed by atoms with van der Waals surface area (Å²) in [5, 5.41) is 0. The lowest BCUT2D eigenvalue weighted by molar-refractivity contribution is 0.422. The molecule has 0 saturated heterocycles. The van der Waals surface area contributed by atoms with Gasteiger partial charge in [-0.1, -0.05) is 12.1 Å². The monoisotopic (exact) mass is 216 g/mol. The number of rotatable bonds is 3. The second-order valence-electron chi connectivity index (χ2n) is 2.86. The molecule has 0 radical (unpaired) electrons. The van der Waals surface area contributed by atoms with Crippen molar-refractivity contribution < 1.29 is 12.6 Å². The van der Waals surface area contributed by atoms with Crippen LogP contribution in [0.25, 0.3) is 0 Å². The third-order valence-corrected chi connectivity index (χ3v) is 2.85. The van der Waals surface area contributed by atoms with Crippen molar-refractivity contribution in [2.45, 2.75) is 0 Å². The molecule has 0 fully saturated rings.